The second kappa shape index (κ2) is 7.64. The fourth-order valence-electron chi connectivity index (χ4n) is 3.50. The van der Waals surface area contributed by atoms with Crippen LogP contribution in [0.1, 0.15) is 60.3 Å². The van der Waals surface area contributed by atoms with Crippen molar-refractivity contribution >= 4 is 0 Å². The van der Waals surface area contributed by atoms with Crippen LogP contribution in [0, 0.1) is 17.3 Å². The largest absolute Gasteiger partial charge is 0.319 e. The predicted molar refractivity (Wildman–Crippen MR) is 85.5 cm³/mol. The fourth-order valence-corrected chi connectivity index (χ4v) is 3.50. The average Bonchev–Trinajstić information content (AvgIpc) is 2.32. The van der Waals surface area contributed by atoms with E-state index in [9.17, 15) is 0 Å². The second-order valence-corrected chi connectivity index (χ2v) is 7.63. The Bertz CT molecular complexity index is 240. The third-order valence-electron chi connectivity index (χ3n) is 4.76. The summed E-state index contributed by atoms with van der Waals surface area (Å²) in [5, 5.41) is 3.46. The van der Waals surface area contributed by atoms with Gasteiger partial charge >= 0.3 is 0 Å². The van der Waals surface area contributed by atoms with Gasteiger partial charge in [-0.15, -0.1) is 0 Å². The fraction of sp³-hybridized carbons (Fsp3) is 1.00. The van der Waals surface area contributed by atoms with Gasteiger partial charge in [-0.05, 0) is 51.0 Å². The molecule has 1 saturated carbocycles. The van der Waals surface area contributed by atoms with Crippen molar-refractivity contribution in [3.63, 3.8) is 0 Å². The molecule has 2 heteroatoms. The van der Waals surface area contributed by atoms with E-state index < -0.39 is 0 Å². The SMILES string of the molecule is CNCC1(CN(CC(C)C)C(C)C)CCC(C)CC1. The first-order valence-electron chi connectivity index (χ1n) is 8.27. The van der Waals surface area contributed by atoms with Crippen LogP contribution in [0.2, 0.25) is 0 Å². The highest BCUT2D eigenvalue weighted by Crippen LogP contribution is 2.39. The molecule has 0 amide bonds. The molecule has 0 aliphatic heterocycles. The van der Waals surface area contributed by atoms with Crippen LogP contribution in [-0.2, 0) is 0 Å². The van der Waals surface area contributed by atoms with E-state index in [0.717, 1.165) is 11.8 Å². The van der Waals surface area contributed by atoms with Gasteiger partial charge in [-0.1, -0.05) is 33.6 Å². The van der Waals surface area contributed by atoms with Crippen LogP contribution in [-0.4, -0.2) is 37.6 Å². The lowest BCUT2D eigenvalue weighted by atomic mass is 9.70. The normalized spacial score (nSPS) is 28.6. The maximum Gasteiger partial charge on any atom is 0.00530 e. The molecule has 0 spiro atoms. The summed E-state index contributed by atoms with van der Waals surface area (Å²) in [6.07, 6.45) is 5.62. The summed E-state index contributed by atoms with van der Waals surface area (Å²) >= 11 is 0. The summed E-state index contributed by atoms with van der Waals surface area (Å²) in [7, 11) is 2.11. The lowest BCUT2D eigenvalue weighted by Crippen LogP contribution is -2.48. The number of nitrogens with zero attached hydrogens (tertiary/aromatic N) is 1. The zero-order valence-electron chi connectivity index (χ0n) is 14.1. The topological polar surface area (TPSA) is 15.3 Å². The standard InChI is InChI=1S/C17H36N2/c1-14(2)11-19(15(3)4)13-17(12-18-6)9-7-16(5)8-10-17/h14-16,18H,7-13H2,1-6H3. The van der Waals surface area contributed by atoms with Crippen molar-refractivity contribution < 1.29 is 0 Å². The Balaban J connectivity index is 2.69. The molecule has 0 unspecified atom stereocenters. The molecule has 114 valence electrons. The van der Waals surface area contributed by atoms with Crippen molar-refractivity contribution in [3.05, 3.63) is 0 Å². The lowest BCUT2D eigenvalue weighted by Gasteiger charge is -2.44. The van der Waals surface area contributed by atoms with Gasteiger partial charge in [-0.25, -0.2) is 0 Å². The summed E-state index contributed by atoms with van der Waals surface area (Å²) in [5.74, 6) is 1.69. The van der Waals surface area contributed by atoms with E-state index in [0.29, 0.717) is 11.5 Å². The number of rotatable bonds is 7. The number of hydrogen-bond acceptors (Lipinski definition) is 2. The van der Waals surface area contributed by atoms with Crippen LogP contribution in [0.25, 0.3) is 0 Å². The summed E-state index contributed by atoms with van der Waals surface area (Å²) < 4.78 is 0. The van der Waals surface area contributed by atoms with E-state index in [1.54, 1.807) is 0 Å². The van der Waals surface area contributed by atoms with Crippen LogP contribution in [0.5, 0.6) is 0 Å². The van der Waals surface area contributed by atoms with E-state index in [4.69, 9.17) is 0 Å². The molecule has 0 saturated heterocycles. The van der Waals surface area contributed by atoms with E-state index in [1.807, 2.05) is 0 Å². The maximum atomic E-state index is 3.46. The molecule has 2 nitrogen and oxygen atoms in total. The minimum atomic E-state index is 0.514. The molecule has 0 bridgehead atoms. The van der Waals surface area contributed by atoms with Crippen LogP contribution < -0.4 is 5.32 Å². The molecule has 0 heterocycles. The molecule has 1 aliphatic carbocycles. The van der Waals surface area contributed by atoms with Crippen LogP contribution >= 0.6 is 0 Å². The van der Waals surface area contributed by atoms with Gasteiger partial charge in [0.15, 0.2) is 0 Å². The average molecular weight is 268 g/mol. The molecule has 0 radical (unpaired) electrons. The Hall–Kier alpha value is -0.0800. The van der Waals surface area contributed by atoms with Gasteiger partial charge < -0.3 is 10.2 Å². The van der Waals surface area contributed by atoms with E-state index >= 15 is 0 Å². The van der Waals surface area contributed by atoms with Crippen molar-refractivity contribution in [1.29, 1.82) is 0 Å². The summed E-state index contributed by atoms with van der Waals surface area (Å²) in [6, 6.07) is 0.662. The molecule has 1 rings (SSSR count). The highest BCUT2D eigenvalue weighted by Gasteiger charge is 2.35. The van der Waals surface area contributed by atoms with E-state index in [2.05, 4.69) is 51.9 Å². The van der Waals surface area contributed by atoms with Gasteiger partial charge in [-0.2, -0.15) is 0 Å². The molecule has 1 fully saturated rings. The predicted octanol–water partition coefficient (Wildman–Crippen LogP) is 3.77. The third-order valence-corrected chi connectivity index (χ3v) is 4.76. The van der Waals surface area contributed by atoms with Gasteiger partial charge in [-0.3, -0.25) is 0 Å². The molecule has 1 aliphatic rings. The summed E-state index contributed by atoms with van der Waals surface area (Å²) in [5.41, 5.74) is 0.514. The Morgan fingerprint density at radius 1 is 1.16 bits per heavy atom. The summed E-state index contributed by atoms with van der Waals surface area (Å²) in [6.45, 7) is 15.5. The van der Waals surface area contributed by atoms with Crippen LogP contribution in [0.4, 0.5) is 0 Å². The van der Waals surface area contributed by atoms with Gasteiger partial charge in [0.1, 0.15) is 0 Å². The third kappa shape index (κ3) is 5.43. The highest BCUT2D eigenvalue weighted by atomic mass is 15.2. The Kier molecular flexibility index (Phi) is 6.82. The van der Waals surface area contributed by atoms with Crippen molar-refractivity contribution in [2.24, 2.45) is 17.3 Å². The van der Waals surface area contributed by atoms with E-state index in [-0.39, 0.29) is 0 Å². The highest BCUT2D eigenvalue weighted by molar-refractivity contribution is 4.90. The van der Waals surface area contributed by atoms with Crippen molar-refractivity contribution in [1.82, 2.24) is 10.2 Å². The molecule has 0 aromatic heterocycles. The van der Waals surface area contributed by atoms with Crippen LogP contribution in [0.3, 0.4) is 0 Å². The first-order chi connectivity index (χ1) is 8.88. The summed E-state index contributed by atoms with van der Waals surface area (Å²) in [4.78, 5) is 2.71. The Morgan fingerprint density at radius 2 is 1.74 bits per heavy atom. The number of hydrogen-bond donors (Lipinski definition) is 1. The molecule has 19 heavy (non-hydrogen) atoms. The Labute approximate surface area is 121 Å². The van der Waals surface area contributed by atoms with Crippen molar-refractivity contribution in [3.8, 4) is 0 Å². The molecular weight excluding hydrogens is 232 g/mol. The zero-order valence-corrected chi connectivity index (χ0v) is 14.1. The minimum absolute atomic E-state index is 0.514. The lowest BCUT2D eigenvalue weighted by molar-refractivity contribution is 0.0651. The first-order valence-corrected chi connectivity index (χ1v) is 8.27. The van der Waals surface area contributed by atoms with Gasteiger partial charge in [0.05, 0.1) is 0 Å². The molecule has 0 aromatic carbocycles. The molecule has 0 aromatic rings. The van der Waals surface area contributed by atoms with Crippen molar-refractivity contribution in [2.75, 3.05) is 26.7 Å². The Morgan fingerprint density at radius 3 is 2.16 bits per heavy atom. The second-order valence-electron chi connectivity index (χ2n) is 7.63. The molecular formula is C17H36N2. The number of nitrogens with one attached hydrogen (secondary N) is 1. The molecule has 1 N–H and O–H groups in total. The quantitative estimate of drug-likeness (QED) is 0.756. The smallest absolute Gasteiger partial charge is 0.00530 e. The van der Waals surface area contributed by atoms with Crippen molar-refractivity contribution in [2.45, 2.75) is 66.3 Å². The van der Waals surface area contributed by atoms with E-state index in [1.165, 1.54) is 45.3 Å². The van der Waals surface area contributed by atoms with Crippen LogP contribution in [0.15, 0.2) is 0 Å². The first kappa shape index (κ1) is 17.0. The minimum Gasteiger partial charge on any atom is -0.319 e. The maximum absolute atomic E-state index is 3.46. The van der Waals surface area contributed by atoms with Gasteiger partial charge in [0.25, 0.3) is 0 Å². The molecule has 0 atom stereocenters. The monoisotopic (exact) mass is 268 g/mol. The van der Waals surface area contributed by atoms with Gasteiger partial charge in [0.2, 0.25) is 0 Å². The zero-order chi connectivity index (χ0) is 14.5. The van der Waals surface area contributed by atoms with Gasteiger partial charge in [0, 0.05) is 25.7 Å².